The Hall–Kier alpha value is -1.71. The summed E-state index contributed by atoms with van der Waals surface area (Å²) in [6, 6.07) is 0. The van der Waals surface area contributed by atoms with Crippen LogP contribution in [0.5, 0.6) is 0 Å². The van der Waals surface area contributed by atoms with Crippen molar-refractivity contribution in [2.45, 2.75) is 57.7 Å². The van der Waals surface area contributed by atoms with Crippen LogP contribution in [-0.2, 0) is 9.47 Å². The van der Waals surface area contributed by atoms with Crippen molar-refractivity contribution in [3.05, 3.63) is 0 Å². The smallest absolute Gasteiger partial charge is 0.232 e. The van der Waals surface area contributed by atoms with E-state index >= 15 is 0 Å². The van der Waals surface area contributed by atoms with Gasteiger partial charge >= 0.3 is 0 Å². The zero-order valence-corrected chi connectivity index (χ0v) is 18.1. The Morgan fingerprint density at radius 3 is 1.52 bits per heavy atom. The van der Waals surface area contributed by atoms with E-state index in [0.717, 1.165) is 26.2 Å². The van der Waals surface area contributed by atoms with Crippen LogP contribution in [0.1, 0.15) is 40.5 Å². The third kappa shape index (κ3) is 4.27. The largest absolute Gasteiger partial charge is 0.393 e. The highest BCUT2D eigenvalue weighted by molar-refractivity contribution is 5.50. The van der Waals surface area contributed by atoms with Crippen LogP contribution in [0.25, 0.3) is 0 Å². The number of morpholine rings is 2. The molecule has 1 N–H and O–H groups in total. The topological polar surface area (TPSA) is 87.1 Å². The fourth-order valence-electron chi connectivity index (χ4n) is 5.02. The van der Waals surface area contributed by atoms with Gasteiger partial charge in [-0.3, -0.25) is 0 Å². The molecule has 3 aliphatic heterocycles. The summed E-state index contributed by atoms with van der Waals surface area (Å²) < 4.78 is 11.0. The molecule has 0 atom stereocenters. The lowest BCUT2D eigenvalue weighted by Gasteiger charge is -2.54. The molecule has 0 radical (unpaired) electrons. The summed E-state index contributed by atoms with van der Waals surface area (Å²) in [5.41, 5.74) is -0.542. The van der Waals surface area contributed by atoms with Gasteiger partial charge in [0.05, 0.1) is 32.5 Å². The molecule has 9 nitrogen and oxygen atoms in total. The quantitative estimate of drug-likeness (QED) is 0.792. The molecule has 4 rings (SSSR count). The predicted molar refractivity (Wildman–Crippen MR) is 112 cm³/mol. The van der Waals surface area contributed by atoms with Gasteiger partial charge in [0.1, 0.15) is 0 Å². The van der Waals surface area contributed by atoms with Gasteiger partial charge in [0.2, 0.25) is 17.8 Å². The van der Waals surface area contributed by atoms with Crippen molar-refractivity contribution in [2.24, 2.45) is 0 Å². The Bertz CT molecular complexity index is 662. The summed E-state index contributed by atoms with van der Waals surface area (Å²) in [6.07, 6.45) is 1.04. The van der Waals surface area contributed by atoms with Gasteiger partial charge in [-0.2, -0.15) is 15.0 Å². The number of aliphatic hydroxyl groups excluding tert-OH is 1. The van der Waals surface area contributed by atoms with Crippen LogP contribution in [0.2, 0.25) is 0 Å². The summed E-state index contributed by atoms with van der Waals surface area (Å²) in [5.74, 6) is 2.10. The molecule has 3 fully saturated rings. The molecule has 9 heteroatoms. The number of piperidine rings is 1. The molecule has 0 bridgehead atoms. The number of hydrogen-bond acceptors (Lipinski definition) is 9. The summed E-state index contributed by atoms with van der Waals surface area (Å²) in [7, 11) is 0. The molecule has 3 saturated heterocycles. The van der Waals surface area contributed by atoms with Crippen LogP contribution in [-0.4, -0.2) is 89.8 Å². The molecular weight excluding hydrogens is 372 g/mol. The summed E-state index contributed by atoms with van der Waals surface area (Å²) in [6.45, 7) is 14.5. The van der Waals surface area contributed by atoms with Gasteiger partial charge in [-0.05, 0) is 40.5 Å². The number of nitrogens with zero attached hydrogens (tertiary/aromatic N) is 6. The maximum absolute atomic E-state index is 10.4. The second-order valence-corrected chi connectivity index (χ2v) is 9.46. The van der Waals surface area contributed by atoms with Crippen LogP contribution in [0.15, 0.2) is 0 Å². The molecule has 0 amide bonds. The average molecular weight is 407 g/mol. The van der Waals surface area contributed by atoms with Gasteiger partial charge in [0.25, 0.3) is 0 Å². The van der Waals surface area contributed by atoms with Gasteiger partial charge in [-0.1, -0.05) is 0 Å². The molecule has 162 valence electrons. The fraction of sp³-hybridized carbons (Fsp3) is 0.850. The molecule has 0 saturated carbocycles. The Morgan fingerprint density at radius 1 is 0.724 bits per heavy atom. The minimum absolute atomic E-state index is 0.271. The molecule has 1 aromatic heterocycles. The van der Waals surface area contributed by atoms with Crippen molar-refractivity contribution in [3.63, 3.8) is 0 Å². The summed E-state index contributed by atoms with van der Waals surface area (Å²) in [4.78, 5) is 21.3. The highest BCUT2D eigenvalue weighted by atomic mass is 16.5. The van der Waals surface area contributed by atoms with Gasteiger partial charge < -0.3 is 29.3 Å². The maximum Gasteiger partial charge on any atom is 0.232 e. The number of aliphatic hydroxyl groups is 1. The minimum Gasteiger partial charge on any atom is -0.393 e. The van der Waals surface area contributed by atoms with Gasteiger partial charge in [0, 0.05) is 37.3 Å². The van der Waals surface area contributed by atoms with Crippen molar-refractivity contribution >= 4 is 17.8 Å². The van der Waals surface area contributed by atoms with E-state index < -0.39 is 0 Å². The number of anilines is 3. The molecule has 0 unspecified atom stereocenters. The lowest BCUT2D eigenvalue weighted by Crippen LogP contribution is -2.63. The highest BCUT2D eigenvalue weighted by Gasteiger charge is 2.46. The number of ether oxygens (including phenoxy) is 2. The molecular formula is C20H34N6O3. The molecule has 1 aromatic rings. The highest BCUT2D eigenvalue weighted by Crippen LogP contribution is 2.41. The molecule has 29 heavy (non-hydrogen) atoms. The standard InChI is InChI=1S/C20H34N6O3/c1-19(2)13-15(27)14-20(3,4)26(19)18-22-16(24-5-9-28-10-6-24)21-17(23-18)25-7-11-29-12-8-25/h15,27H,5-14H2,1-4H3. The van der Waals surface area contributed by atoms with E-state index in [-0.39, 0.29) is 17.2 Å². The number of rotatable bonds is 3. The van der Waals surface area contributed by atoms with Gasteiger partial charge in [0.15, 0.2) is 0 Å². The third-order valence-corrected chi connectivity index (χ3v) is 6.07. The maximum atomic E-state index is 10.4. The Kier molecular flexibility index (Phi) is 5.56. The van der Waals surface area contributed by atoms with E-state index in [2.05, 4.69) is 42.4 Å². The SMILES string of the molecule is CC1(C)CC(O)CC(C)(C)N1c1nc(N2CCOCC2)nc(N2CCOCC2)n1. The van der Waals surface area contributed by atoms with E-state index in [9.17, 15) is 5.11 Å². The molecule has 0 spiro atoms. The lowest BCUT2D eigenvalue weighted by atomic mass is 9.78. The van der Waals surface area contributed by atoms with E-state index in [1.54, 1.807) is 0 Å². The molecule has 3 aliphatic rings. The first-order valence-corrected chi connectivity index (χ1v) is 10.7. The van der Waals surface area contributed by atoms with Crippen LogP contribution in [0.4, 0.5) is 17.8 Å². The van der Waals surface area contributed by atoms with Crippen molar-refractivity contribution in [3.8, 4) is 0 Å². The normalized spacial score (nSPS) is 25.3. The van der Waals surface area contributed by atoms with Crippen LogP contribution in [0, 0.1) is 0 Å². The van der Waals surface area contributed by atoms with Gasteiger partial charge in [-0.15, -0.1) is 0 Å². The monoisotopic (exact) mass is 406 g/mol. The number of aromatic nitrogens is 3. The van der Waals surface area contributed by atoms with E-state index in [1.165, 1.54) is 0 Å². The van der Waals surface area contributed by atoms with Crippen LogP contribution < -0.4 is 14.7 Å². The second-order valence-electron chi connectivity index (χ2n) is 9.46. The van der Waals surface area contributed by atoms with E-state index in [4.69, 9.17) is 24.4 Å². The van der Waals surface area contributed by atoms with Crippen LogP contribution in [0.3, 0.4) is 0 Å². The molecule has 0 aliphatic carbocycles. The average Bonchev–Trinajstić information content (AvgIpc) is 2.67. The van der Waals surface area contributed by atoms with E-state index in [0.29, 0.717) is 57.1 Å². The van der Waals surface area contributed by atoms with Crippen molar-refractivity contribution in [2.75, 3.05) is 67.3 Å². The predicted octanol–water partition coefficient (Wildman–Crippen LogP) is 1.06. The lowest BCUT2D eigenvalue weighted by molar-refractivity contribution is 0.0637. The zero-order chi connectivity index (χ0) is 20.6. The Morgan fingerprint density at radius 2 is 1.10 bits per heavy atom. The first kappa shape index (κ1) is 20.6. The van der Waals surface area contributed by atoms with Gasteiger partial charge in [-0.25, -0.2) is 0 Å². The van der Waals surface area contributed by atoms with Crippen molar-refractivity contribution < 1.29 is 14.6 Å². The Balaban J connectivity index is 1.76. The van der Waals surface area contributed by atoms with Crippen LogP contribution >= 0.6 is 0 Å². The Labute approximate surface area is 173 Å². The second kappa shape index (κ2) is 7.85. The fourth-order valence-corrected chi connectivity index (χ4v) is 5.02. The third-order valence-electron chi connectivity index (χ3n) is 6.07. The molecule has 0 aromatic carbocycles. The summed E-state index contributed by atoms with van der Waals surface area (Å²) in [5, 5.41) is 10.4. The molecule has 4 heterocycles. The van der Waals surface area contributed by atoms with E-state index in [1.807, 2.05) is 0 Å². The zero-order valence-electron chi connectivity index (χ0n) is 18.1. The first-order chi connectivity index (χ1) is 13.8. The summed E-state index contributed by atoms with van der Waals surface area (Å²) >= 11 is 0. The number of hydrogen-bond donors (Lipinski definition) is 1. The first-order valence-electron chi connectivity index (χ1n) is 10.7. The van der Waals surface area contributed by atoms with Crippen molar-refractivity contribution in [1.29, 1.82) is 0 Å². The minimum atomic E-state index is -0.324. The van der Waals surface area contributed by atoms with Crippen molar-refractivity contribution in [1.82, 2.24) is 15.0 Å².